The van der Waals surface area contributed by atoms with Gasteiger partial charge < -0.3 is 0 Å². The minimum atomic E-state index is 0.672. The van der Waals surface area contributed by atoms with Gasteiger partial charge in [-0.3, -0.25) is 0 Å². The number of fused-ring (bicyclic) bond motifs is 1. The molecule has 0 aliphatic heterocycles. The van der Waals surface area contributed by atoms with E-state index >= 15 is 0 Å². The Bertz CT molecular complexity index is 424. The zero-order valence-electron chi connectivity index (χ0n) is 10.9. The lowest BCUT2D eigenvalue weighted by Gasteiger charge is -2.15. The zero-order chi connectivity index (χ0) is 11.7. The summed E-state index contributed by atoms with van der Waals surface area (Å²) in [4.78, 5) is 0. The Morgan fingerprint density at radius 3 is 2.19 bits per heavy atom. The first-order valence-corrected chi connectivity index (χ1v) is 6.55. The second-order valence-corrected chi connectivity index (χ2v) is 4.81. The lowest BCUT2D eigenvalue weighted by molar-refractivity contribution is 0.773. The van der Waals surface area contributed by atoms with Crippen LogP contribution in [-0.4, -0.2) is 0 Å². The third kappa shape index (κ3) is 1.71. The van der Waals surface area contributed by atoms with Crippen molar-refractivity contribution < 1.29 is 0 Å². The topological polar surface area (TPSA) is 0 Å². The fourth-order valence-electron chi connectivity index (χ4n) is 2.95. The number of benzene rings is 1. The van der Waals surface area contributed by atoms with E-state index in [-0.39, 0.29) is 0 Å². The number of rotatable bonds is 3. The van der Waals surface area contributed by atoms with Crippen molar-refractivity contribution in [3.05, 3.63) is 40.0 Å². The van der Waals surface area contributed by atoms with Crippen molar-refractivity contribution in [3.8, 4) is 0 Å². The minimum absolute atomic E-state index is 0.672. The molecule has 1 aromatic rings. The molecule has 1 aromatic carbocycles. The fraction of sp³-hybridized carbons (Fsp3) is 0.500. The van der Waals surface area contributed by atoms with Gasteiger partial charge in [0.05, 0.1) is 0 Å². The van der Waals surface area contributed by atoms with Crippen LogP contribution in [0.15, 0.2) is 17.7 Å². The average molecular weight is 214 g/mol. The molecule has 1 atom stereocenters. The largest absolute Gasteiger partial charge is 0.0652 e. The van der Waals surface area contributed by atoms with Gasteiger partial charge in [-0.05, 0) is 48.4 Å². The van der Waals surface area contributed by atoms with Gasteiger partial charge in [0.2, 0.25) is 0 Å². The van der Waals surface area contributed by atoms with Gasteiger partial charge in [0.15, 0.2) is 0 Å². The standard InChI is InChI=1S/C16H22/c1-5-12-9-14-8-11(4)15(7-3)16(14)10-13(12)6-2/h8-10,15H,5-7H2,1-4H3. The van der Waals surface area contributed by atoms with Gasteiger partial charge in [-0.1, -0.05) is 44.6 Å². The summed E-state index contributed by atoms with van der Waals surface area (Å²) in [6.45, 7) is 9.07. The van der Waals surface area contributed by atoms with E-state index < -0.39 is 0 Å². The Kier molecular flexibility index (Phi) is 3.18. The molecule has 0 nitrogen and oxygen atoms in total. The van der Waals surface area contributed by atoms with Gasteiger partial charge in [0.25, 0.3) is 0 Å². The van der Waals surface area contributed by atoms with E-state index in [1.807, 2.05) is 0 Å². The highest BCUT2D eigenvalue weighted by Gasteiger charge is 2.21. The van der Waals surface area contributed by atoms with E-state index in [2.05, 4.69) is 45.9 Å². The first-order valence-electron chi connectivity index (χ1n) is 6.55. The molecule has 0 spiro atoms. The van der Waals surface area contributed by atoms with Crippen LogP contribution in [-0.2, 0) is 12.8 Å². The quantitative estimate of drug-likeness (QED) is 0.683. The summed E-state index contributed by atoms with van der Waals surface area (Å²) in [5.74, 6) is 0.672. The van der Waals surface area contributed by atoms with Gasteiger partial charge >= 0.3 is 0 Å². The first-order chi connectivity index (χ1) is 7.71. The normalized spacial score (nSPS) is 18.5. The van der Waals surface area contributed by atoms with Crippen molar-refractivity contribution >= 4 is 6.08 Å². The molecule has 0 amide bonds. The minimum Gasteiger partial charge on any atom is -0.0652 e. The smallest absolute Gasteiger partial charge is 0.00521 e. The molecule has 0 heterocycles. The van der Waals surface area contributed by atoms with Crippen LogP contribution >= 0.6 is 0 Å². The molecule has 2 rings (SSSR count). The maximum absolute atomic E-state index is 2.45. The van der Waals surface area contributed by atoms with Crippen LogP contribution in [0.3, 0.4) is 0 Å². The molecule has 16 heavy (non-hydrogen) atoms. The van der Waals surface area contributed by atoms with Crippen LogP contribution in [0.4, 0.5) is 0 Å². The summed E-state index contributed by atoms with van der Waals surface area (Å²) in [6.07, 6.45) is 5.91. The molecule has 1 unspecified atom stereocenters. The lowest BCUT2D eigenvalue weighted by atomic mass is 9.90. The summed E-state index contributed by atoms with van der Waals surface area (Å²) in [6, 6.07) is 4.86. The van der Waals surface area contributed by atoms with Crippen LogP contribution in [0, 0.1) is 0 Å². The third-order valence-corrected chi connectivity index (χ3v) is 3.88. The molecule has 0 fully saturated rings. The first kappa shape index (κ1) is 11.4. The van der Waals surface area contributed by atoms with Crippen LogP contribution < -0.4 is 0 Å². The Morgan fingerprint density at radius 2 is 1.62 bits per heavy atom. The Morgan fingerprint density at radius 1 is 1.00 bits per heavy atom. The second-order valence-electron chi connectivity index (χ2n) is 4.81. The third-order valence-electron chi connectivity index (χ3n) is 3.88. The van der Waals surface area contributed by atoms with Crippen molar-refractivity contribution in [1.82, 2.24) is 0 Å². The van der Waals surface area contributed by atoms with E-state index in [0.29, 0.717) is 5.92 Å². The van der Waals surface area contributed by atoms with Gasteiger partial charge in [-0.2, -0.15) is 0 Å². The highest BCUT2D eigenvalue weighted by Crippen LogP contribution is 2.39. The van der Waals surface area contributed by atoms with E-state index in [1.165, 1.54) is 23.1 Å². The Labute approximate surface area is 99.4 Å². The average Bonchev–Trinajstić information content (AvgIpc) is 2.61. The van der Waals surface area contributed by atoms with Crippen molar-refractivity contribution in [2.75, 3.05) is 0 Å². The Hall–Kier alpha value is -1.04. The Balaban J connectivity index is 2.52. The molecule has 0 heteroatoms. The maximum Gasteiger partial charge on any atom is 0.00521 e. The molecule has 1 aliphatic carbocycles. The van der Waals surface area contributed by atoms with Crippen molar-refractivity contribution in [2.24, 2.45) is 0 Å². The molecular formula is C16H22. The van der Waals surface area contributed by atoms with Crippen molar-refractivity contribution in [2.45, 2.75) is 52.9 Å². The summed E-state index contributed by atoms with van der Waals surface area (Å²) in [5, 5.41) is 0. The van der Waals surface area contributed by atoms with Crippen molar-refractivity contribution in [1.29, 1.82) is 0 Å². The SMILES string of the molecule is CCc1cc2c(cc1CC)C(CC)C(C)=C2. The van der Waals surface area contributed by atoms with E-state index in [0.717, 1.165) is 12.8 Å². The zero-order valence-corrected chi connectivity index (χ0v) is 10.9. The molecule has 0 radical (unpaired) electrons. The van der Waals surface area contributed by atoms with Gasteiger partial charge in [0.1, 0.15) is 0 Å². The highest BCUT2D eigenvalue weighted by molar-refractivity contribution is 5.67. The van der Waals surface area contributed by atoms with Crippen LogP contribution in [0.5, 0.6) is 0 Å². The van der Waals surface area contributed by atoms with Crippen LogP contribution in [0.1, 0.15) is 62.3 Å². The second kappa shape index (κ2) is 4.45. The predicted molar refractivity (Wildman–Crippen MR) is 71.9 cm³/mol. The lowest BCUT2D eigenvalue weighted by Crippen LogP contribution is -1.99. The van der Waals surface area contributed by atoms with Gasteiger partial charge in [-0.15, -0.1) is 0 Å². The molecular weight excluding hydrogens is 192 g/mol. The summed E-state index contributed by atoms with van der Waals surface area (Å²) < 4.78 is 0. The van der Waals surface area contributed by atoms with E-state index in [4.69, 9.17) is 0 Å². The van der Waals surface area contributed by atoms with Gasteiger partial charge in [0, 0.05) is 5.92 Å². The number of hydrogen-bond donors (Lipinski definition) is 0. The fourth-order valence-corrected chi connectivity index (χ4v) is 2.95. The van der Waals surface area contributed by atoms with Crippen molar-refractivity contribution in [3.63, 3.8) is 0 Å². The van der Waals surface area contributed by atoms with Crippen LogP contribution in [0.25, 0.3) is 6.08 Å². The molecule has 86 valence electrons. The maximum atomic E-state index is 2.45. The number of aryl methyl sites for hydroxylation is 2. The summed E-state index contributed by atoms with van der Waals surface area (Å²) >= 11 is 0. The molecule has 0 N–H and O–H groups in total. The molecule has 1 aliphatic rings. The molecule has 0 aromatic heterocycles. The number of hydrogen-bond acceptors (Lipinski definition) is 0. The monoisotopic (exact) mass is 214 g/mol. The molecule has 0 saturated heterocycles. The summed E-state index contributed by atoms with van der Waals surface area (Å²) in [7, 11) is 0. The van der Waals surface area contributed by atoms with Crippen LogP contribution in [0.2, 0.25) is 0 Å². The molecule has 0 saturated carbocycles. The van der Waals surface area contributed by atoms with E-state index in [9.17, 15) is 0 Å². The number of allylic oxidation sites excluding steroid dienone is 1. The summed E-state index contributed by atoms with van der Waals surface area (Å²) in [5.41, 5.74) is 7.64. The predicted octanol–water partition coefficient (Wildman–Crippen LogP) is 4.72. The highest BCUT2D eigenvalue weighted by atomic mass is 14.3. The van der Waals surface area contributed by atoms with E-state index in [1.54, 1.807) is 11.1 Å². The molecule has 0 bridgehead atoms. The van der Waals surface area contributed by atoms with Gasteiger partial charge in [-0.25, -0.2) is 0 Å².